The van der Waals surface area contributed by atoms with Crippen molar-refractivity contribution >= 4 is 22.7 Å². The standard InChI is InChI=1S/C22H20N2.3C2H6/c1-15-7-5-11-19-20(23(15)2)14-13-18-17-10-6-12-21(17)24(22(18)19)16-8-3-4-9-16;3*1-2/h3-10,13-14,16H,1,11-12H2,2H3;3*1-2H3. The maximum Gasteiger partial charge on any atom is 0.0709 e. The molecule has 0 amide bonds. The van der Waals surface area contributed by atoms with Crippen LogP contribution in [-0.2, 0) is 12.8 Å². The molecule has 30 heavy (non-hydrogen) atoms. The molecule has 1 aromatic heterocycles. The third kappa shape index (κ3) is 3.96. The molecule has 0 saturated heterocycles. The number of benzene rings is 1. The van der Waals surface area contributed by atoms with Crippen LogP contribution in [-0.4, -0.2) is 11.6 Å². The van der Waals surface area contributed by atoms with E-state index in [2.05, 4.69) is 83.8 Å². The van der Waals surface area contributed by atoms with Crippen LogP contribution in [0, 0.1) is 0 Å². The van der Waals surface area contributed by atoms with Gasteiger partial charge in [0.25, 0.3) is 0 Å². The zero-order chi connectivity index (χ0) is 22.3. The quantitative estimate of drug-likeness (QED) is 0.469. The van der Waals surface area contributed by atoms with Gasteiger partial charge in [0, 0.05) is 47.1 Å². The number of aromatic nitrogens is 1. The van der Waals surface area contributed by atoms with Crippen molar-refractivity contribution < 1.29 is 0 Å². The molecule has 2 aliphatic carbocycles. The lowest BCUT2D eigenvalue weighted by atomic mass is 10.0. The van der Waals surface area contributed by atoms with Crippen LogP contribution in [0.15, 0.2) is 66.9 Å². The van der Waals surface area contributed by atoms with Crippen LogP contribution in [0.4, 0.5) is 5.69 Å². The molecular formula is C28H38N2. The van der Waals surface area contributed by atoms with E-state index in [9.17, 15) is 0 Å². The van der Waals surface area contributed by atoms with Gasteiger partial charge in [-0.15, -0.1) is 0 Å². The van der Waals surface area contributed by atoms with Gasteiger partial charge in [-0.05, 0) is 18.6 Å². The molecule has 0 radical (unpaired) electrons. The van der Waals surface area contributed by atoms with Gasteiger partial charge in [0.15, 0.2) is 0 Å². The summed E-state index contributed by atoms with van der Waals surface area (Å²) in [5.74, 6) is 0. The van der Waals surface area contributed by atoms with Crippen LogP contribution in [0.25, 0.3) is 17.0 Å². The Balaban J connectivity index is 0.000000493. The topological polar surface area (TPSA) is 8.17 Å². The predicted octanol–water partition coefficient (Wildman–Crippen LogP) is 8.02. The predicted molar refractivity (Wildman–Crippen MR) is 136 cm³/mol. The van der Waals surface area contributed by atoms with E-state index in [-0.39, 0.29) is 0 Å². The highest BCUT2D eigenvalue weighted by Gasteiger charge is 2.26. The van der Waals surface area contributed by atoms with Crippen molar-refractivity contribution in [2.45, 2.75) is 60.4 Å². The number of rotatable bonds is 1. The Morgan fingerprint density at radius 3 is 2.17 bits per heavy atom. The number of nitrogens with zero attached hydrogens (tertiary/aromatic N) is 2. The summed E-state index contributed by atoms with van der Waals surface area (Å²) in [4.78, 5) is 2.21. The van der Waals surface area contributed by atoms with Gasteiger partial charge in [-0.2, -0.15) is 0 Å². The second-order valence-electron chi connectivity index (χ2n) is 6.71. The van der Waals surface area contributed by atoms with Gasteiger partial charge in [0.2, 0.25) is 0 Å². The SMILES string of the molecule is C=C1C=CCc2c(ccc3c4c(n(C5C=CC=C5)c23)CC=C4)N1C.CC.CC.CC. The molecule has 160 valence electrons. The molecular weight excluding hydrogens is 364 g/mol. The fraction of sp³-hybridized carbons (Fsp3) is 0.357. The zero-order valence-electron chi connectivity index (χ0n) is 19.9. The Morgan fingerprint density at radius 1 is 0.867 bits per heavy atom. The van der Waals surface area contributed by atoms with Crippen molar-refractivity contribution in [3.8, 4) is 0 Å². The van der Waals surface area contributed by atoms with Gasteiger partial charge >= 0.3 is 0 Å². The number of hydrogen-bond donors (Lipinski definition) is 0. The van der Waals surface area contributed by atoms with Crippen LogP contribution in [0.5, 0.6) is 0 Å². The molecule has 0 fully saturated rings. The fourth-order valence-corrected chi connectivity index (χ4v) is 4.24. The minimum absolute atomic E-state index is 0.323. The van der Waals surface area contributed by atoms with Gasteiger partial charge in [-0.1, -0.05) is 96.7 Å². The van der Waals surface area contributed by atoms with Crippen molar-refractivity contribution in [1.29, 1.82) is 0 Å². The summed E-state index contributed by atoms with van der Waals surface area (Å²) >= 11 is 0. The number of likely N-dealkylation sites (N-methyl/N-ethyl adjacent to an activating group) is 1. The summed E-state index contributed by atoms with van der Waals surface area (Å²) in [7, 11) is 2.11. The summed E-state index contributed by atoms with van der Waals surface area (Å²) in [6.07, 6.45) is 19.8. The fourth-order valence-electron chi connectivity index (χ4n) is 4.24. The normalized spacial score (nSPS) is 15.6. The average Bonchev–Trinajstić information content (AvgIpc) is 3.53. The van der Waals surface area contributed by atoms with Crippen LogP contribution in [0.2, 0.25) is 0 Å². The van der Waals surface area contributed by atoms with Crippen molar-refractivity contribution in [2.75, 3.05) is 11.9 Å². The first kappa shape index (κ1) is 23.5. The summed E-state index contributed by atoms with van der Waals surface area (Å²) in [6, 6.07) is 4.87. The molecule has 0 bridgehead atoms. The Morgan fingerprint density at radius 2 is 1.50 bits per heavy atom. The zero-order valence-corrected chi connectivity index (χ0v) is 19.9. The minimum Gasteiger partial charge on any atom is -0.345 e. The van der Waals surface area contributed by atoms with Crippen LogP contribution < -0.4 is 4.90 Å². The van der Waals surface area contributed by atoms with E-state index >= 15 is 0 Å². The third-order valence-electron chi connectivity index (χ3n) is 5.44. The highest BCUT2D eigenvalue weighted by Crippen LogP contribution is 2.41. The summed E-state index contributed by atoms with van der Waals surface area (Å²) in [5, 5.41) is 1.38. The molecule has 0 atom stereocenters. The summed E-state index contributed by atoms with van der Waals surface area (Å²) in [5.41, 5.74) is 7.94. The van der Waals surface area contributed by atoms with Crippen LogP contribution in [0.3, 0.4) is 0 Å². The second-order valence-corrected chi connectivity index (χ2v) is 6.71. The smallest absolute Gasteiger partial charge is 0.0709 e. The molecule has 1 aliphatic heterocycles. The first-order valence-electron chi connectivity index (χ1n) is 11.5. The molecule has 5 rings (SSSR count). The largest absolute Gasteiger partial charge is 0.345 e. The molecule has 2 heteroatoms. The van der Waals surface area contributed by atoms with Crippen LogP contribution in [0.1, 0.15) is 64.4 Å². The molecule has 2 heterocycles. The number of hydrogen-bond acceptors (Lipinski definition) is 1. The third-order valence-corrected chi connectivity index (χ3v) is 5.44. The highest BCUT2D eigenvalue weighted by atomic mass is 15.1. The van der Waals surface area contributed by atoms with E-state index < -0.39 is 0 Å². The first-order chi connectivity index (χ1) is 14.8. The first-order valence-corrected chi connectivity index (χ1v) is 11.5. The van der Waals surface area contributed by atoms with Crippen molar-refractivity contribution in [2.24, 2.45) is 0 Å². The maximum absolute atomic E-state index is 4.18. The van der Waals surface area contributed by atoms with E-state index in [1.807, 2.05) is 41.5 Å². The molecule has 3 aliphatic rings. The lowest BCUT2D eigenvalue weighted by Crippen LogP contribution is -2.15. The van der Waals surface area contributed by atoms with Crippen molar-refractivity contribution in [1.82, 2.24) is 4.57 Å². The van der Waals surface area contributed by atoms with E-state index in [0.29, 0.717) is 6.04 Å². The van der Waals surface area contributed by atoms with Gasteiger partial charge in [-0.25, -0.2) is 0 Å². The molecule has 0 saturated carbocycles. The summed E-state index contributed by atoms with van der Waals surface area (Å²) < 4.78 is 2.54. The van der Waals surface area contributed by atoms with Crippen molar-refractivity contribution in [3.05, 3.63) is 83.8 Å². The number of allylic oxidation sites excluding steroid dienone is 7. The van der Waals surface area contributed by atoms with Gasteiger partial charge in [0.1, 0.15) is 0 Å². The number of fused-ring (bicyclic) bond motifs is 5. The average molecular weight is 403 g/mol. The van der Waals surface area contributed by atoms with Gasteiger partial charge in [-0.3, -0.25) is 0 Å². The lowest BCUT2D eigenvalue weighted by Gasteiger charge is -2.23. The molecule has 2 aromatic rings. The highest BCUT2D eigenvalue weighted by molar-refractivity contribution is 5.98. The molecule has 0 N–H and O–H groups in total. The van der Waals surface area contributed by atoms with Gasteiger partial charge in [0.05, 0.1) is 11.6 Å². The number of anilines is 1. The Hall–Kier alpha value is -2.74. The Bertz CT molecular complexity index is 984. The molecule has 2 nitrogen and oxygen atoms in total. The maximum atomic E-state index is 4.18. The second kappa shape index (κ2) is 10.9. The lowest BCUT2D eigenvalue weighted by molar-refractivity contribution is 0.725. The van der Waals surface area contributed by atoms with E-state index in [0.717, 1.165) is 18.5 Å². The van der Waals surface area contributed by atoms with Crippen molar-refractivity contribution in [3.63, 3.8) is 0 Å². The van der Waals surface area contributed by atoms with E-state index in [1.54, 1.807) is 0 Å². The summed E-state index contributed by atoms with van der Waals surface area (Å²) in [6.45, 7) is 16.2. The molecule has 0 spiro atoms. The Kier molecular flexibility index (Phi) is 8.53. The minimum atomic E-state index is 0.323. The van der Waals surface area contributed by atoms with Crippen LogP contribution >= 0.6 is 0 Å². The molecule has 1 aromatic carbocycles. The monoisotopic (exact) mass is 402 g/mol. The molecule has 0 unspecified atom stereocenters. The van der Waals surface area contributed by atoms with Gasteiger partial charge < -0.3 is 9.47 Å². The van der Waals surface area contributed by atoms with E-state index in [4.69, 9.17) is 0 Å². The van der Waals surface area contributed by atoms with E-state index in [1.165, 1.54) is 33.4 Å². The Labute approximate surface area is 183 Å².